The van der Waals surface area contributed by atoms with Gasteiger partial charge in [0.25, 0.3) is 5.69 Å². The van der Waals surface area contributed by atoms with E-state index < -0.39 is 10.8 Å². The summed E-state index contributed by atoms with van der Waals surface area (Å²) in [7, 11) is 1.58. The van der Waals surface area contributed by atoms with Crippen LogP contribution in [-0.2, 0) is 11.8 Å². The summed E-state index contributed by atoms with van der Waals surface area (Å²) in [4.78, 5) is 22.9. The molecule has 0 aliphatic rings. The molecule has 1 N–H and O–H groups in total. The van der Waals surface area contributed by atoms with Gasteiger partial charge in [0.05, 0.1) is 14.9 Å². The average molecular weight is 568 g/mol. The predicted molar refractivity (Wildman–Crippen MR) is 127 cm³/mol. The number of benzene rings is 2. The van der Waals surface area contributed by atoms with E-state index in [4.69, 9.17) is 4.74 Å². The minimum Gasteiger partial charge on any atom is -0.493 e. The number of nitro benzene ring substituents is 1. The van der Waals surface area contributed by atoms with Gasteiger partial charge in [-0.3, -0.25) is 14.9 Å². The Labute approximate surface area is 200 Å². The zero-order chi connectivity index (χ0) is 23.7. The van der Waals surface area contributed by atoms with E-state index in [-0.39, 0.29) is 29.8 Å². The molecule has 3 aromatic rings. The van der Waals surface area contributed by atoms with Gasteiger partial charge in [0.1, 0.15) is 5.75 Å². The van der Waals surface area contributed by atoms with Gasteiger partial charge in [-0.1, -0.05) is 29.8 Å². The zero-order valence-corrected chi connectivity index (χ0v) is 20.9. The molecule has 0 spiro atoms. The van der Waals surface area contributed by atoms with E-state index in [0.29, 0.717) is 16.7 Å². The number of aromatic nitrogens is 1. The standard InChI is InChI=1S/C21H20Br2N4O5/c1-10(2)17-14(22)7-11(3)18(23)20(17)32-9-16(28)24-25-19-13-8-12(27(30)31)5-6-15(13)26(4)21(19)29/h5-8,10,29H,9H2,1-4H3. The van der Waals surface area contributed by atoms with Crippen molar-refractivity contribution >= 4 is 60.0 Å². The lowest BCUT2D eigenvalue weighted by Gasteiger charge is -2.18. The highest BCUT2D eigenvalue weighted by molar-refractivity contribution is 9.11. The van der Waals surface area contributed by atoms with Crippen molar-refractivity contribution in [3.05, 3.63) is 54.5 Å². The van der Waals surface area contributed by atoms with Crippen LogP contribution in [0.2, 0.25) is 0 Å². The van der Waals surface area contributed by atoms with Gasteiger partial charge in [0, 0.05) is 34.6 Å². The number of amides is 1. The van der Waals surface area contributed by atoms with Crippen LogP contribution in [0.15, 0.2) is 43.4 Å². The van der Waals surface area contributed by atoms with Crippen LogP contribution >= 0.6 is 31.9 Å². The Hall–Kier alpha value is -2.79. The first kappa shape index (κ1) is 23.9. The Morgan fingerprint density at radius 3 is 2.62 bits per heavy atom. The molecule has 1 amide bonds. The smallest absolute Gasteiger partial charge is 0.302 e. The van der Waals surface area contributed by atoms with Crippen LogP contribution in [0.4, 0.5) is 11.4 Å². The van der Waals surface area contributed by atoms with Crippen LogP contribution in [0.5, 0.6) is 11.6 Å². The highest BCUT2D eigenvalue weighted by Gasteiger charge is 2.20. The highest BCUT2D eigenvalue weighted by Crippen LogP contribution is 2.42. The molecule has 3 rings (SSSR count). The number of halogens is 2. The molecule has 11 heteroatoms. The lowest BCUT2D eigenvalue weighted by molar-refractivity contribution is -0.384. The molecule has 32 heavy (non-hydrogen) atoms. The van der Waals surface area contributed by atoms with E-state index in [1.165, 1.54) is 22.8 Å². The molecule has 0 saturated carbocycles. The van der Waals surface area contributed by atoms with E-state index in [0.717, 1.165) is 20.1 Å². The molecule has 2 aromatic carbocycles. The van der Waals surface area contributed by atoms with Crippen LogP contribution in [0, 0.1) is 17.0 Å². The van der Waals surface area contributed by atoms with Crippen LogP contribution < -0.4 is 4.74 Å². The van der Waals surface area contributed by atoms with E-state index in [9.17, 15) is 20.0 Å². The number of hydrogen-bond acceptors (Lipinski definition) is 6. The minimum absolute atomic E-state index is 0.0260. The molecule has 0 atom stereocenters. The normalized spacial score (nSPS) is 11.6. The molecule has 0 aliphatic carbocycles. The zero-order valence-electron chi connectivity index (χ0n) is 17.7. The molecule has 9 nitrogen and oxygen atoms in total. The summed E-state index contributed by atoms with van der Waals surface area (Å²) >= 11 is 7.06. The first-order valence-electron chi connectivity index (χ1n) is 9.54. The molecule has 0 bridgehead atoms. The summed E-state index contributed by atoms with van der Waals surface area (Å²) in [5.41, 5.74) is 2.17. The van der Waals surface area contributed by atoms with Crippen molar-refractivity contribution in [2.45, 2.75) is 26.7 Å². The number of nitrogens with zero attached hydrogens (tertiary/aromatic N) is 4. The SMILES string of the molecule is Cc1cc(Br)c(C(C)C)c(OCC(=O)N=Nc2c(O)n(C)c3ccc([N+](=O)[O-])cc23)c1Br. The molecule has 0 aliphatic heterocycles. The summed E-state index contributed by atoms with van der Waals surface area (Å²) in [6.07, 6.45) is 0. The van der Waals surface area contributed by atoms with E-state index in [1.807, 2.05) is 26.8 Å². The maximum Gasteiger partial charge on any atom is 0.302 e. The van der Waals surface area contributed by atoms with E-state index >= 15 is 0 Å². The molecular weight excluding hydrogens is 548 g/mol. The highest BCUT2D eigenvalue weighted by atomic mass is 79.9. The van der Waals surface area contributed by atoms with Crippen molar-refractivity contribution in [3.63, 3.8) is 0 Å². The third-order valence-electron chi connectivity index (χ3n) is 4.91. The first-order valence-corrected chi connectivity index (χ1v) is 11.1. The van der Waals surface area contributed by atoms with Crippen molar-refractivity contribution in [2.24, 2.45) is 17.3 Å². The molecule has 0 fully saturated rings. The summed E-state index contributed by atoms with van der Waals surface area (Å²) in [6.45, 7) is 5.57. The van der Waals surface area contributed by atoms with Crippen LogP contribution in [-0.4, -0.2) is 27.1 Å². The topological polar surface area (TPSA) is 119 Å². The quantitative estimate of drug-likeness (QED) is 0.209. The number of rotatable bonds is 6. The number of fused-ring (bicyclic) bond motifs is 1. The van der Waals surface area contributed by atoms with Crippen molar-refractivity contribution < 1.29 is 19.6 Å². The predicted octanol–water partition coefficient (Wildman–Crippen LogP) is 6.44. The Bertz CT molecular complexity index is 1270. The Balaban J connectivity index is 1.88. The fourth-order valence-corrected chi connectivity index (χ4v) is 4.72. The maximum atomic E-state index is 12.4. The number of carbonyl (C=O) groups is 1. The lowest BCUT2D eigenvalue weighted by atomic mass is 10.0. The average Bonchev–Trinajstić information content (AvgIpc) is 2.97. The van der Waals surface area contributed by atoms with Crippen LogP contribution in [0.25, 0.3) is 10.9 Å². The molecule has 0 saturated heterocycles. The Morgan fingerprint density at radius 2 is 2.00 bits per heavy atom. The van der Waals surface area contributed by atoms with Crippen molar-refractivity contribution in [3.8, 4) is 11.6 Å². The Morgan fingerprint density at radius 1 is 1.31 bits per heavy atom. The summed E-state index contributed by atoms with van der Waals surface area (Å²) in [5, 5.41) is 29.3. The monoisotopic (exact) mass is 566 g/mol. The summed E-state index contributed by atoms with van der Waals surface area (Å²) in [6, 6.07) is 6.07. The number of ether oxygens (including phenoxy) is 1. The van der Waals surface area contributed by atoms with Gasteiger partial charge in [-0.2, -0.15) is 0 Å². The van der Waals surface area contributed by atoms with Gasteiger partial charge >= 0.3 is 5.91 Å². The first-order chi connectivity index (χ1) is 15.0. The van der Waals surface area contributed by atoms with Gasteiger partial charge in [-0.05, 0) is 46.5 Å². The van der Waals surface area contributed by atoms with Gasteiger partial charge in [0.2, 0.25) is 5.88 Å². The van der Waals surface area contributed by atoms with Gasteiger partial charge in [-0.25, -0.2) is 0 Å². The van der Waals surface area contributed by atoms with Crippen molar-refractivity contribution in [1.82, 2.24) is 4.57 Å². The summed E-state index contributed by atoms with van der Waals surface area (Å²) in [5.74, 6) is -0.257. The second-order valence-electron chi connectivity index (χ2n) is 7.46. The van der Waals surface area contributed by atoms with Crippen molar-refractivity contribution in [2.75, 3.05) is 6.61 Å². The van der Waals surface area contributed by atoms with Gasteiger partial charge in [-0.15, -0.1) is 10.2 Å². The number of aryl methyl sites for hydroxylation is 2. The molecule has 0 radical (unpaired) electrons. The third kappa shape index (κ3) is 4.53. The number of carbonyl (C=O) groups excluding carboxylic acids is 1. The Kier molecular flexibility index (Phi) is 6.99. The number of hydrogen-bond donors (Lipinski definition) is 1. The fraction of sp³-hybridized carbons (Fsp3) is 0.286. The molecule has 1 heterocycles. The maximum absolute atomic E-state index is 12.4. The number of azo groups is 1. The van der Waals surface area contributed by atoms with Gasteiger partial charge in [0.15, 0.2) is 12.3 Å². The fourth-order valence-electron chi connectivity index (χ4n) is 3.30. The number of non-ortho nitro benzene ring substituents is 1. The van der Waals surface area contributed by atoms with Crippen molar-refractivity contribution in [1.29, 1.82) is 0 Å². The largest absolute Gasteiger partial charge is 0.493 e. The molecule has 168 valence electrons. The third-order valence-corrected chi connectivity index (χ3v) is 6.55. The summed E-state index contributed by atoms with van der Waals surface area (Å²) < 4.78 is 8.80. The van der Waals surface area contributed by atoms with Crippen LogP contribution in [0.1, 0.15) is 30.9 Å². The van der Waals surface area contributed by atoms with Crippen LogP contribution in [0.3, 0.4) is 0 Å². The number of nitro groups is 1. The van der Waals surface area contributed by atoms with E-state index in [1.54, 1.807) is 7.05 Å². The van der Waals surface area contributed by atoms with Gasteiger partial charge < -0.3 is 14.4 Å². The molecular formula is C21H20Br2N4O5. The minimum atomic E-state index is -0.675. The van der Waals surface area contributed by atoms with E-state index in [2.05, 4.69) is 42.1 Å². The lowest BCUT2D eigenvalue weighted by Crippen LogP contribution is -2.11. The second-order valence-corrected chi connectivity index (χ2v) is 9.11. The second kappa shape index (κ2) is 9.37. The number of aromatic hydroxyl groups is 1. The molecule has 0 unspecified atom stereocenters. The molecule has 1 aromatic heterocycles.